The summed E-state index contributed by atoms with van der Waals surface area (Å²) in [4.78, 5) is 0. The van der Waals surface area contributed by atoms with Gasteiger partial charge in [-0.2, -0.15) is 0 Å². The molecule has 0 aromatic heterocycles. The van der Waals surface area contributed by atoms with Crippen LogP contribution in [0.5, 0.6) is 0 Å². The Kier molecular flexibility index (Phi) is 3.69. The van der Waals surface area contributed by atoms with Gasteiger partial charge in [0.15, 0.2) is 0 Å². The van der Waals surface area contributed by atoms with Crippen LogP contribution in [0.25, 0.3) is 0 Å². The molecule has 1 atom stereocenters. The molecule has 0 fully saturated rings. The average molecular weight is 334 g/mol. The first-order chi connectivity index (χ1) is 12.1. The van der Waals surface area contributed by atoms with E-state index >= 15 is 0 Å². The van der Waals surface area contributed by atoms with E-state index in [9.17, 15) is 5.11 Å². The standard InChI is InChI=1S/C22H22O3/c1-16-12-13-21(23,17(16)2)19-10-6-7-11-20(19)22(24-14-15-25-22)18-8-4-3-5-9-18/h3-11,14-15,23H,12-13H2,1-2H3. The summed E-state index contributed by atoms with van der Waals surface area (Å²) in [5.74, 6) is -1.07. The van der Waals surface area contributed by atoms with Gasteiger partial charge in [-0.15, -0.1) is 0 Å². The number of aliphatic hydroxyl groups is 1. The highest BCUT2D eigenvalue weighted by Crippen LogP contribution is 2.49. The lowest BCUT2D eigenvalue weighted by Gasteiger charge is -2.35. The summed E-state index contributed by atoms with van der Waals surface area (Å²) in [5.41, 5.74) is 3.86. The van der Waals surface area contributed by atoms with Gasteiger partial charge in [-0.1, -0.05) is 60.2 Å². The lowest BCUT2D eigenvalue weighted by molar-refractivity contribution is -0.115. The average Bonchev–Trinajstić information content (AvgIpc) is 3.25. The Morgan fingerprint density at radius 2 is 1.44 bits per heavy atom. The highest BCUT2D eigenvalue weighted by molar-refractivity contribution is 5.48. The minimum Gasteiger partial charge on any atom is -0.449 e. The van der Waals surface area contributed by atoms with Gasteiger partial charge in [-0.25, -0.2) is 0 Å². The van der Waals surface area contributed by atoms with E-state index < -0.39 is 11.4 Å². The van der Waals surface area contributed by atoms with Gasteiger partial charge >= 0.3 is 5.79 Å². The Balaban J connectivity index is 1.92. The number of benzene rings is 2. The molecule has 1 heterocycles. The fourth-order valence-electron chi connectivity index (χ4n) is 3.91. The molecule has 2 aliphatic rings. The zero-order chi connectivity index (χ0) is 17.5. The lowest BCUT2D eigenvalue weighted by atomic mass is 9.81. The maximum atomic E-state index is 11.5. The molecule has 1 unspecified atom stereocenters. The van der Waals surface area contributed by atoms with E-state index in [1.54, 1.807) is 12.5 Å². The minimum absolute atomic E-state index is 0.681. The third kappa shape index (κ3) is 2.30. The summed E-state index contributed by atoms with van der Waals surface area (Å²) in [6.07, 6.45) is 4.71. The Hall–Kier alpha value is -2.52. The summed E-state index contributed by atoms with van der Waals surface area (Å²) in [6.45, 7) is 4.11. The van der Waals surface area contributed by atoms with Crippen LogP contribution in [-0.2, 0) is 20.9 Å². The summed E-state index contributed by atoms with van der Waals surface area (Å²) < 4.78 is 12.0. The van der Waals surface area contributed by atoms with E-state index in [2.05, 4.69) is 6.92 Å². The molecule has 1 aliphatic carbocycles. The highest BCUT2D eigenvalue weighted by Gasteiger charge is 2.47. The summed E-state index contributed by atoms with van der Waals surface area (Å²) in [7, 11) is 0. The first kappa shape index (κ1) is 16.0. The van der Waals surface area contributed by atoms with Crippen molar-refractivity contribution in [2.24, 2.45) is 0 Å². The summed E-state index contributed by atoms with van der Waals surface area (Å²) >= 11 is 0. The molecule has 3 heteroatoms. The molecular formula is C22H22O3. The molecule has 1 aliphatic heterocycles. The van der Waals surface area contributed by atoms with E-state index in [0.717, 1.165) is 28.7 Å². The van der Waals surface area contributed by atoms with Crippen LogP contribution < -0.4 is 0 Å². The van der Waals surface area contributed by atoms with E-state index in [-0.39, 0.29) is 0 Å². The van der Waals surface area contributed by atoms with Crippen LogP contribution in [0, 0.1) is 0 Å². The van der Waals surface area contributed by atoms with E-state index in [1.807, 2.05) is 61.5 Å². The fraction of sp³-hybridized carbons (Fsp3) is 0.273. The predicted octanol–water partition coefficient (Wildman–Crippen LogP) is 4.72. The van der Waals surface area contributed by atoms with Crippen LogP contribution in [0.15, 0.2) is 78.3 Å². The van der Waals surface area contributed by atoms with E-state index in [0.29, 0.717) is 6.42 Å². The molecule has 2 aromatic rings. The van der Waals surface area contributed by atoms with Gasteiger partial charge in [0.2, 0.25) is 0 Å². The molecule has 0 saturated carbocycles. The van der Waals surface area contributed by atoms with Gasteiger partial charge in [0.25, 0.3) is 0 Å². The number of allylic oxidation sites excluding steroid dienone is 1. The predicted molar refractivity (Wildman–Crippen MR) is 96.5 cm³/mol. The van der Waals surface area contributed by atoms with Crippen LogP contribution in [0.4, 0.5) is 0 Å². The van der Waals surface area contributed by atoms with Crippen molar-refractivity contribution in [1.29, 1.82) is 0 Å². The van der Waals surface area contributed by atoms with Crippen molar-refractivity contribution in [2.75, 3.05) is 0 Å². The van der Waals surface area contributed by atoms with Gasteiger partial charge in [0.05, 0.1) is 0 Å². The van der Waals surface area contributed by atoms with Crippen LogP contribution in [-0.4, -0.2) is 5.11 Å². The second-order valence-electron chi connectivity index (χ2n) is 6.80. The van der Waals surface area contributed by atoms with Crippen molar-refractivity contribution in [2.45, 2.75) is 38.1 Å². The van der Waals surface area contributed by atoms with Crippen molar-refractivity contribution in [1.82, 2.24) is 0 Å². The quantitative estimate of drug-likeness (QED) is 0.825. The van der Waals surface area contributed by atoms with Crippen LogP contribution in [0.2, 0.25) is 0 Å². The number of hydrogen-bond donors (Lipinski definition) is 1. The van der Waals surface area contributed by atoms with Crippen molar-refractivity contribution in [3.05, 3.63) is 95.0 Å². The zero-order valence-corrected chi connectivity index (χ0v) is 14.5. The third-order valence-corrected chi connectivity index (χ3v) is 5.53. The maximum absolute atomic E-state index is 11.5. The maximum Gasteiger partial charge on any atom is 0.304 e. The Labute approximate surface area is 148 Å². The van der Waals surface area contributed by atoms with Crippen molar-refractivity contribution >= 4 is 0 Å². The molecule has 25 heavy (non-hydrogen) atoms. The van der Waals surface area contributed by atoms with Crippen LogP contribution in [0.1, 0.15) is 43.4 Å². The van der Waals surface area contributed by atoms with Gasteiger partial charge in [-0.05, 0) is 37.8 Å². The van der Waals surface area contributed by atoms with Crippen molar-refractivity contribution < 1.29 is 14.6 Å². The fourth-order valence-corrected chi connectivity index (χ4v) is 3.91. The first-order valence-electron chi connectivity index (χ1n) is 8.63. The summed E-state index contributed by atoms with van der Waals surface area (Å²) in [5, 5.41) is 11.5. The van der Waals surface area contributed by atoms with Gasteiger partial charge in [0.1, 0.15) is 18.1 Å². The number of hydrogen-bond acceptors (Lipinski definition) is 3. The Morgan fingerprint density at radius 1 is 0.840 bits per heavy atom. The molecule has 1 N–H and O–H groups in total. The normalized spacial score (nSPS) is 24.3. The smallest absolute Gasteiger partial charge is 0.304 e. The molecule has 0 bridgehead atoms. The molecule has 3 nitrogen and oxygen atoms in total. The molecule has 0 radical (unpaired) electrons. The summed E-state index contributed by atoms with van der Waals surface area (Å²) in [6, 6.07) is 17.7. The van der Waals surface area contributed by atoms with Crippen LogP contribution in [0.3, 0.4) is 0 Å². The second kappa shape index (κ2) is 5.78. The molecular weight excluding hydrogens is 312 g/mol. The van der Waals surface area contributed by atoms with Gasteiger partial charge in [0, 0.05) is 11.1 Å². The third-order valence-electron chi connectivity index (χ3n) is 5.53. The van der Waals surface area contributed by atoms with Gasteiger partial charge < -0.3 is 14.6 Å². The zero-order valence-electron chi connectivity index (χ0n) is 14.5. The largest absolute Gasteiger partial charge is 0.449 e. The van der Waals surface area contributed by atoms with Crippen molar-refractivity contribution in [3.8, 4) is 0 Å². The Bertz CT molecular complexity index is 843. The number of ether oxygens (including phenoxy) is 2. The topological polar surface area (TPSA) is 38.7 Å². The Morgan fingerprint density at radius 3 is 2.04 bits per heavy atom. The SMILES string of the molecule is CC1=C(C)C(O)(c2ccccc2C2(c3ccccc3)OC=CO2)CC1. The van der Waals surface area contributed by atoms with E-state index in [4.69, 9.17) is 9.47 Å². The molecule has 2 aromatic carbocycles. The molecule has 4 rings (SSSR count). The minimum atomic E-state index is -1.07. The lowest BCUT2D eigenvalue weighted by Crippen LogP contribution is -2.35. The molecule has 128 valence electrons. The van der Waals surface area contributed by atoms with E-state index in [1.165, 1.54) is 5.57 Å². The monoisotopic (exact) mass is 334 g/mol. The van der Waals surface area contributed by atoms with Crippen molar-refractivity contribution in [3.63, 3.8) is 0 Å². The first-order valence-corrected chi connectivity index (χ1v) is 8.63. The number of rotatable bonds is 3. The molecule has 0 spiro atoms. The molecule has 0 saturated heterocycles. The molecule has 0 amide bonds. The van der Waals surface area contributed by atoms with Gasteiger partial charge in [-0.3, -0.25) is 0 Å². The highest BCUT2D eigenvalue weighted by atomic mass is 16.7. The van der Waals surface area contributed by atoms with Crippen LogP contribution >= 0.6 is 0 Å². The second-order valence-corrected chi connectivity index (χ2v) is 6.80.